The van der Waals surface area contributed by atoms with Gasteiger partial charge in [0.2, 0.25) is 0 Å². The molecule has 0 spiro atoms. The van der Waals surface area contributed by atoms with Crippen LogP contribution in [0.2, 0.25) is 0 Å². The topological polar surface area (TPSA) is 80.0 Å². The lowest BCUT2D eigenvalue weighted by Gasteiger charge is -2.09. The van der Waals surface area contributed by atoms with E-state index in [1.807, 2.05) is 12.3 Å². The molecule has 0 radical (unpaired) electrons. The SMILES string of the molecule is Cc1csc(CCNc2cnn(CCO)c(=O)c2Br)n1. The number of aromatic nitrogens is 3. The van der Waals surface area contributed by atoms with Gasteiger partial charge >= 0.3 is 0 Å². The van der Waals surface area contributed by atoms with Crippen LogP contribution in [0.3, 0.4) is 0 Å². The second kappa shape index (κ2) is 6.96. The lowest BCUT2D eigenvalue weighted by Crippen LogP contribution is -2.26. The third-order valence-electron chi connectivity index (χ3n) is 2.62. The fourth-order valence-electron chi connectivity index (χ4n) is 1.66. The number of thiazole rings is 1. The predicted molar refractivity (Wildman–Crippen MR) is 82.3 cm³/mol. The van der Waals surface area contributed by atoms with Gasteiger partial charge in [0.05, 0.1) is 30.0 Å². The Hall–Kier alpha value is -1.25. The zero-order valence-electron chi connectivity index (χ0n) is 11.0. The Labute approximate surface area is 128 Å². The van der Waals surface area contributed by atoms with Crippen molar-refractivity contribution in [2.45, 2.75) is 19.9 Å². The van der Waals surface area contributed by atoms with Gasteiger partial charge < -0.3 is 10.4 Å². The number of aryl methyl sites for hydroxylation is 1. The van der Waals surface area contributed by atoms with Crippen LogP contribution in [-0.4, -0.2) is 33.0 Å². The number of aliphatic hydroxyl groups is 1. The third kappa shape index (κ3) is 3.65. The molecule has 0 aliphatic rings. The van der Waals surface area contributed by atoms with E-state index in [-0.39, 0.29) is 18.7 Å². The second-order valence-electron chi connectivity index (χ2n) is 4.18. The van der Waals surface area contributed by atoms with Crippen molar-refractivity contribution in [2.75, 3.05) is 18.5 Å². The van der Waals surface area contributed by atoms with Gasteiger partial charge in [-0.05, 0) is 22.9 Å². The van der Waals surface area contributed by atoms with E-state index >= 15 is 0 Å². The van der Waals surface area contributed by atoms with Crippen molar-refractivity contribution in [1.29, 1.82) is 0 Å². The first-order valence-corrected chi connectivity index (χ1v) is 7.80. The number of rotatable bonds is 6. The lowest BCUT2D eigenvalue weighted by atomic mass is 10.4. The molecule has 2 aromatic heterocycles. The molecule has 0 aliphatic heterocycles. The molecule has 0 aliphatic carbocycles. The molecule has 0 saturated heterocycles. The van der Waals surface area contributed by atoms with E-state index in [1.54, 1.807) is 17.5 Å². The van der Waals surface area contributed by atoms with Gasteiger partial charge in [-0.1, -0.05) is 0 Å². The van der Waals surface area contributed by atoms with Crippen molar-refractivity contribution in [2.24, 2.45) is 0 Å². The summed E-state index contributed by atoms with van der Waals surface area (Å²) in [6, 6.07) is 0. The molecule has 0 amide bonds. The van der Waals surface area contributed by atoms with Crippen molar-refractivity contribution >= 4 is 33.0 Å². The first kappa shape index (κ1) is 15.1. The van der Waals surface area contributed by atoms with Crippen molar-refractivity contribution in [3.05, 3.63) is 37.1 Å². The Bertz CT molecular complexity index is 641. The predicted octanol–water partition coefficient (Wildman–Crippen LogP) is 1.42. The van der Waals surface area contributed by atoms with Crippen LogP contribution in [0.5, 0.6) is 0 Å². The monoisotopic (exact) mass is 358 g/mol. The molecule has 0 aromatic carbocycles. The summed E-state index contributed by atoms with van der Waals surface area (Å²) in [7, 11) is 0. The summed E-state index contributed by atoms with van der Waals surface area (Å²) in [4.78, 5) is 16.3. The van der Waals surface area contributed by atoms with E-state index in [0.717, 1.165) is 17.1 Å². The zero-order chi connectivity index (χ0) is 14.5. The highest BCUT2D eigenvalue weighted by molar-refractivity contribution is 9.10. The Morgan fingerprint density at radius 2 is 2.35 bits per heavy atom. The van der Waals surface area contributed by atoms with E-state index < -0.39 is 0 Å². The van der Waals surface area contributed by atoms with Gasteiger partial charge in [-0.15, -0.1) is 11.3 Å². The fraction of sp³-hybridized carbons (Fsp3) is 0.417. The van der Waals surface area contributed by atoms with Gasteiger partial charge in [-0.25, -0.2) is 9.67 Å². The van der Waals surface area contributed by atoms with Crippen LogP contribution in [0.4, 0.5) is 5.69 Å². The largest absolute Gasteiger partial charge is 0.394 e. The van der Waals surface area contributed by atoms with Crippen LogP contribution in [0.1, 0.15) is 10.7 Å². The maximum absolute atomic E-state index is 11.9. The molecule has 108 valence electrons. The number of anilines is 1. The van der Waals surface area contributed by atoms with Crippen LogP contribution in [0, 0.1) is 6.92 Å². The average molecular weight is 359 g/mol. The maximum atomic E-state index is 11.9. The Morgan fingerprint density at radius 3 is 3.00 bits per heavy atom. The van der Waals surface area contributed by atoms with Gasteiger partial charge in [-0.3, -0.25) is 4.79 Å². The number of nitrogens with zero attached hydrogens (tertiary/aromatic N) is 3. The van der Waals surface area contributed by atoms with E-state index in [2.05, 4.69) is 31.3 Å². The fourth-order valence-corrected chi connectivity index (χ4v) is 2.89. The van der Waals surface area contributed by atoms with E-state index in [0.29, 0.717) is 16.7 Å². The highest BCUT2D eigenvalue weighted by Crippen LogP contribution is 2.16. The molecule has 0 unspecified atom stereocenters. The summed E-state index contributed by atoms with van der Waals surface area (Å²) in [5.74, 6) is 0. The van der Waals surface area contributed by atoms with Crippen molar-refractivity contribution in [3.63, 3.8) is 0 Å². The highest BCUT2D eigenvalue weighted by atomic mass is 79.9. The Kier molecular flexibility index (Phi) is 5.27. The molecule has 8 heteroatoms. The molecule has 0 bridgehead atoms. The quantitative estimate of drug-likeness (QED) is 0.816. The minimum Gasteiger partial charge on any atom is -0.394 e. The summed E-state index contributed by atoms with van der Waals surface area (Å²) in [5.41, 5.74) is 1.42. The van der Waals surface area contributed by atoms with Crippen LogP contribution < -0.4 is 10.9 Å². The van der Waals surface area contributed by atoms with Gasteiger partial charge in [0.1, 0.15) is 4.47 Å². The minimum atomic E-state index is -0.255. The highest BCUT2D eigenvalue weighted by Gasteiger charge is 2.08. The van der Waals surface area contributed by atoms with E-state index in [4.69, 9.17) is 5.11 Å². The number of nitrogens with one attached hydrogen (secondary N) is 1. The summed E-state index contributed by atoms with van der Waals surface area (Å²) in [6.07, 6.45) is 2.37. The standard InChI is InChI=1S/C12H15BrN4O2S/c1-8-7-20-10(16-8)2-3-14-9-6-15-17(4-5-18)12(19)11(9)13/h6-7,14,18H,2-5H2,1H3. The summed E-state index contributed by atoms with van der Waals surface area (Å²) in [6.45, 7) is 2.72. The van der Waals surface area contributed by atoms with Crippen LogP contribution in [0.15, 0.2) is 20.8 Å². The molecule has 2 N–H and O–H groups in total. The molecular formula is C12H15BrN4O2S. The molecule has 0 atom stereocenters. The normalized spacial score (nSPS) is 10.8. The second-order valence-corrected chi connectivity index (χ2v) is 5.92. The smallest absolute Gasteiger partial charge is 0.283 e. The minimum absolute atomic E-state index is 0.116. The first-order valence-electron chi connectivity index (χ1n) is 6.13. The summed E-state index contributed by atoms with van der Waals surface area (Å²) < 4.78 is 1.65. The molecule has 2 rings (SSSR count). The first-order chi connectivity index (χ1) is 9.61. The average Bonchev–Trinajstić information content (AvgIpc) is 2.84. The van der Waals surface area contributed by atoms with Gasteiger partial charge in [0, 0.05) is 24.0 Å². The molecule has 0 fully saturated rings. The number of hydrogen-bond acceptors (Lipinski definition) is 6. The molecular weight excluding hydrogens is 344 g/mol. The maximum Gasteiger partial charge on any atom is 0.283 e. The zero-order valence-corrected chi connectivity index (χ0v) is 13.4. The van der Waals surface area contributed by atoms with Crippen molar-refractivity contribution in [3.8, 4) is 0 Å². The van der Waals surface area contributed by atoms with Crippen molar-refractivity contribution in [1.82, 2.24) is 14.8 Å². The van der Waals surface area contributed by atoms with Gasteiger partial charge in [-0.2, -0.15) is 5.10 Å². The molecule has 2 aromatic rings. The van der Waals surface area contributed by atoms with Crippen LogP contribution >= 0.6 is 27.3 Å². The number of hydrogen-bond donors (Lipinski definition) is 2. The summed E-state index contributed by atoms with van der Waals surface area (Å²) in [5, 5.41) is 19.1. The van der Waals surface area contributed by atoms with Gasteiger partial charge in [0.25, 0.3) is 5.56 Å². The molecule has 0 saturated carbocycles. The third-order valence-corrected chi connectivity index (χ3v) is 4.41. The molecule has 20 heavy (non-hydrogen) atoms. The van der Waals surface area contributed by atoms with Crippen LogP contribution in [-0.2, 0) is 13.0 Å². The van der Waals surface area contributed by atoms with Gasteiger partial charge in [0.15, 0.2) is 0 Å². The Morgan fingerprint density at radius 1 is 1.55 bits per heavy atom. The number of aliphatic hydroxyl groups excluding tert-OH is 1. The Balaban J connectivity index is 1.99. The number of halogens is 1. The molecule has 6 nitrogen and oxygen atoms in total. The van der Waals surface area contributed by atoms with E-state index in [9.17, 15) is 4.79 Å². The lowest BCUT2D eigenvalue weighted by molar-refractivity contribution is 0.266. The van der Waals surface area contributed by atoms with E-state index in [1.165, 1.54) is 4.68 Å². The summed E-state index contributed by atoms with van der Waals surface area (Å²) >= 11 is 4.89. The molecule has 2 heterocycles. The van der Waals surface area contributed by atoms with Crippen LogP contribution in [0.25, 0.3) is 0 Å². The van der Waals surface area contributed by atoms with Crippen molar-refractivity contribution < 1.29 is 5.11 Å².